The van der Waals surface area contributed by atoms with Crippen LogP contribution in [0.4, 0.5) is 4.79 Å². The molecule has 1 aliphatic heterocycles. The number of hydrogen-bond donors (Lipinski definition) is 0. The summed E-state index contributed by atoms with van der Waals surface area (Å²) >= 11 is 0. The van der Waals surface area contributed by atoms with Gasteiger partial charge in [-0.25, -0.2) is 4.79 Å². The number of benzene rings is 2. The number of carbonyl (C=O) groups is 2. The first-order chi connectivity index (χ1) is 12.8. The highest BCUT2D eigenvalue weighted by molar-refractivity contribution is 5.88. The van der Waals surface area contributed by atoms with Crippen LogP contribution in [0.1, 0.15) is 31.9 Å². The zero-order valence-electron chi connectivity index (χ0n) is 16.0. The molecule has 0 bridgehead atoms. The summed E-state index contributed by atoms with van der Waals surface area (Å²) in [6, 6.07) is 19.0. The fourth-order valence-corrected chi connectivity index (χ4v) is 3.11. The molecule has 2 aromatic rings. The fraction of sp³-hybridized carbons (Fsp3) is 0.364. The van der Waals surface area contributed by atoms with E-state index in [9.17, 15) is 9.59 Å². The first-order valence-electron chi connectivity index (χ1n) is 9.05. The summed E-state index contributed by atoms with van der Waals surface area (Å²) in [5, 5.41) is 0. The lowest BCUT2D eigenvalue weighted by Crippen LogP contribution is -2.66. The van der Waals surface area contributed by atoms with Crippen LogP contribution in [0.2, 0.25) is 0 Å². The molecule has 0 radical (unpaired) electrons. The zero-order chi connectivity index (χ0) is 19.5. The van der Waals surface area contributed by atoms with E-state index in [1.54, 1.807) is 4.90 Å². The summed E-state index contributed by atoms with van der Waals surface area (Å²) in [5.74, 6) is -0.312. The van der Waals surface area contributed by atoms with Crippen molar-refractivity contribution in [2.24, 2.45) is 0 Å². The van der Waals surface area contributed by atoms with Gasteiger partial charge in [0.2, 0.25) is 0 Å². The molecular weight excluding hydrogens is 342 g/mol. The van der Waals surface area contributed by atoms with Crippen LogP contribution in [0.3, 0.4) is 0 Å². The van der Waals surface area contributed by atoms with E-state index in [-0.39, 0.29) is 25.7 Å². The second-order valence-electron chi connectivity index (χ2n) is 7.85. The van der Waals surface area contributed by atoms with Crippen LogP contribution in [0.25, 0.3) is 0 Å². The van der Waals surface area contributed by atoms with Crippen LogP contribution in [0.5, 0.6) is 0 Å². The molecule has 1 fully saturated rings. The molecule has 0 atom stereocenters. The maximum Gasteiger partial charge on any atom is 0.410 e. The highest BCUT2D eigenvalue weighted by atomic mass is 16.6. The second kappa shape index (κ2) is 7.43. The van der Waals surface area contributed by atoms with E-state index in [1.807, 2.05) is 81.4 Å². The Morgan fingerprint density at radius 1 is 0.963 bits per heavy atom. The highest BCUT2D eigenvalue weighted by Crippen LogP contribution is 2.37. The number of amides is 1. The van der Waals surface area contributed by atoms with Crippen LogP contribution < -0.4 is 0 Å². The van der Waals surface area contributed by atoms with E-state index in [1.165, 1.54) is 0 Å². The summed E-state index contributed by atoms with van der Waals surface area (Å²) in [4.78, 5) is 26.8. The predicted molar refractivity (Wildman–Crippen MR) is 102 cm³/mol. The molecule has 0 spiro atoms. The summed E-state index contributed by atoms with van der Waals surface area (Å²) < 4.78 is 11.0. The number of esters is 1. The zero-order valence-corrected chi connectivity index (χ0v) is 16.0. The van der Waals surface area contributed by atoms with Crippen molar-refractivity contribution < 1.29 is 19.1 Å². The van der Waals surface area contributed by atoms with Gasteiger partial charge in [-0.3, -0.25) is 4.79 Å². The topological polar surface area (TPSA) is 55.8 Å². The minimum Gasteiger partial charge on any atom is -0.459 e. The number of hydrogen-bond acceptors (Lipinski definition) is 4. The third-order valence-electron chi connectivity index (χ3n) is 4.50. The van der Waals surface area contributed by atoms with Gasteiger partial charge in [-0.1, -0.05) is 60.7 Å². The Morgan fingerprint density at radius 2 is 1.52 bits per heavy atom. The molecule has 0 unspecified atom stereocenters. The van der Waals surface area contributed by atoms with Crippen molar-refractivity contribution in [2.45, 2.75) is 38.4 Å². The molecule has 3 rings (SSSR count). The van der Waals surface area contributed by atoms with E-state index in [0.717, 1.165) is 11.1 Å². The van der Waals surface area contributed by atoms with Crippen molar-refractivity contribution in [3.8, 4) is 0 Å². The summed E-state index contributed by atoms with van der Waals surface area (Å²) in [6.07, 6.45) is -0.422. The van der Waals surface area contributed by atoms with Gasteiger partial charge in [-0.05, 0) is 31.9 Å². The molecule has 1 heterocycles. The van der Waals surface area contributed by atoms with Gasteiger partial charge < -0.3 is 14.4 Å². The molecule has 0 saturated carbocycles. The first kappa shape index (κ1) is 19.0. The second-order valence-corrected chi connectivity index (χ2v) is 7.85. The van der Waals surface area contributed by atoms with Gasteiger partial charge in [0.1, 0.15) is 17.6 Å². The molecule has 27 heavy (non-hydrogen) atoms. The van der Waals surface area contributed by atoms with E-state index in [0.29, 0.717) is 0 Å². The van der Waals surface area contributed by atoms with E-state index >= 15 is 0 Å². The lowest BCUT2D eigenvalue weighted by atomic mass is 9.73. The molecule has 0 aromatic heterocycles. The van der Waals surface area contributed by atoms with Crippen molar-refractivity contribution in [2.75, 3.05) is 13.1 Å². The van der Waals surface area contributed by atoms with Gasteiger partial charge in [-0.2, -0.15) is 0 Å². The van der Waals surface area contributed by atoms with Crippen LogP contribution in [0.15, 0.2) is 60.7 Å². The standard InChI is InChI=1S/C22H25NO4/c1-21(2,3)27-19(24)22(18-12-8-5-9-13-18)15-23(16-22)20(25)26-14-17-10-6-4-7-11-17/h4-13H,14-16H2,1-3H3. The Balaban J connectivity index is 1.69. The molecule has 0 aliphatic carbocycles. The van der Waals surface area contributed by atoms with Crippen molar-refractivity contribution in [3.63, 3.8) is 0 Å². The molecule has 5 heteroatoms. The van der Waals surface area contributed by atoms with Crippen molar-refractivity contribution in [1.82, 2.24) is 4.90 Å². The van der Waals surface area contributed by atoms with Crippen LogP contribution in [-0.2, 0) is 26.3 Å². The van der Waals surface area contributed by atoms with Gasteiger partial charge in [0.05, 0.1) is 0 Å². The van der Waals surface area contributed by atoms with Gasteiger partial charge in [0, 0.05) is 13.1 Å². The molecule has 142 valence electrons. The predicted octanol–water partition coefficient (Wildman–Crippen LogP) is 3.92. The van der Waals surface area contributed by atoms with Crippen molar-refractivity contribution in [3.05, 3.63) is 71.8 Å². The smallest absolute Gasteiger partial charge is 0.410 e. The maximum absolute atomic E-state index is 12.9. The number of rotatable bonds is 4. The molecule has 1 aliphatic rings. The van der Waals surface area contributed by atoms with E-state index in [4.69, 9.17) is 9.47 Å². The minimum absolute atomic E-state index is 0.209. The fourth-order valence-electron chi connectivity index (χ4n) is 3.11. The normalized spacial score (nSPS) is 15.6. The molecule has 0 N–H and O–H groups in total. The lowest BCUT2D eigenvalue weighted by Gasteiger charge is -2.48. The van der Waals surface area contributed by atoms with Gasteiger partial charge in [-0.15, -0.1) is 0 Å². The van der Waals surface area contributed by atoms with Gasteiger partial charge in [0.25, 0.3) is 0 Å². The lowest BCUT2D eigenvalue weighted by molar-refractivity contribution is -0.168. The van der Waals surface area contributed by atoms with E-state index in [2.05, 4.69) is 0 Å². The Kier molecular flexibility index (Phi) is 5.22. The van der Waals surface area contributed by atoms with E-state index < -0.39 is 17.1 Å². The monoisotopic (exact) mass is 367 g/mol. The summed E-state index contributed by atoms with van der Waals surface area (Å²) in [5.41, 5.74) is 0.340. The molecule has 2 aromatic carbocycles. The minimum atomic E-state index is -0.847. The maximum atomic E-state index is 12.9. The van der Waals surface area contributed by atoms with Gasteiger partial charge in [0.15, 0.2) is 0 Å². The first-order valence-corrected chi connectivity index (χ1v) is 9.05. The van der Waals surface area contributed by atoms with Crippen LogP contribution in [0, 0.1) is 0 Å². The quantitative estimate of drug-likeness (QED) is 0.769. The van der Waals surface area contributed by atoms with Crippen molar-refractivity contribution in [1.29, 1.82) is 0 Å². The average molecular weight is 367 g/mol. The number of carbonyl (C=O) groups excluding carboxylic acids is 2. The summed E-state index contributed by atoms with van der Waals surface area (Å²) in [7, 11) is 0. The molecule has 1 amide bonds. The Morgan fingerprint density at radius 3 is 2.07 bits per heavy atom. The molecule has 5 nitrogen and oxygen atoms in total. The molecule has 1 saturated heterocycles. The number of ether oxygens (including phenoxy) is 2. The number of likely N-dealkylation sites (tertiary alicyclic amines) is 1. The van der Waals surface area contributed by atoms with Gasteiger partial charge >= 0.3 is 12.1 Å². The number of nitrogens with zero attached hydrogens (tertiary/aromatic N) is 1. The molecular formula is C22H25NO4. The SMILES string of the molecule is CC(C)(C)OC(=O)C1(c2ccccc2)CN(C(=O)OCc2ccccc2)C1. The summed E-state index contributed by atoms with van der Waals surface area (Å²) in [6.45, 7) is 6.23. The van der Waals surface area contributed by atoms with Crippen molar-refractivity contribution >= 4 is 12.1 Å². The third-order valence-corrected chi connectivity index (χ3v) is 4.50. The average Bonchev–Trinajstić information content (AvgIpc) is 2.59. The largest absolute Gasteiger partial charge is 0.459 e. The Bertz CT molecular complexity index is 790. The Hall–Kier alpha value is -2.82. The Labute approximate surface area is 159 Å². The van der Waals surface area contributed by atoms with Crippen LogP contribution >= 0.6 is 0 Å². The van der Waals surface area contributed by atoms with Crippen LogP contribution in [-0.4, -0.2) is 35.7 Å². The highest BCUT2D eigenvalue weighted by Gasteiger charge is 2.54. The third kappa shape index (κ3) is 4.30.